The number of nitrogens with one attached hydrogen (secondary N) is 1. The number of ether oxygens (including phenoxy) is 1. The molecule has 20 heavy (non-hydrogen) atoms. The number of rotatable bonds is 2. The van der Waals surface area contributed by atoms with Gasteiger partial charge in [0.1, 0.15) is 17.5 Å². The van der Waals surface area contributed by atoms with E-state index in [1.54, 1.807) is 20.8 Å². The summed E-state index contributed by atoms with van der Waals surface area (Å²) in [6.07, 6.45) is -0.616. The molecule has 1 heterocycles. The molecule has 1 aromatic carbocycles. The molecule has 1 aliphatic rings. The summed E-state index contributed by atoms with van der Waals surface area (Å²) in [4.78, 5) is 24.9. The van der Waals surface area contributed by atoms with Gasteiger partial charge in [-0.05, 0) is 45.0 Å². The molecule has 6 heteroatoms. The Morgan fingerprint density at radius 1 is 1.35 bits per heavy atom. The van der Waals surface area contributed by atoms with Gasteiger partial charge < -0.3 is 15.0 Å². The van der Waals surface area contributed by atoms with Gasteiger partial charge in [0.15, 0.2) is 0 Å². The van der Waals surface area contributed by atoms with Crippen molar-refractivity contribution < 1.29 is 18.7 Å². The van der Waals surface area contributed by atoms with Crippen LogP contribution in [0.15, 0.2) is 24.3 Å². The lowest BCUT2D eigenvalue weighted by Crippen LogP contribution is -2.64. The zero-order valence-electron chi connectivity index (χ0n) is 11.6. The molecule has 0 aliphatic carbocycles. The van der Waals surface area contributed by atoms with Crippen LogP contribution in [0.25, 0.3) is 0 Å². The Morgan fingerprint density at radius 2 is 1.95 bits per heavy atom. The Hall–Kier alpha value is -2.11. The summed E-state index contributed by atoms with van der Waals surface area (Å²) in [5.74, 6) is -0.590. The van der Waals surface area contributed by atoms with Crippen LogP contribution in [-0.2, 0) is 9.53 Å². The van der Waals surface area contributed by atoms with Crippen LogP contribution in [-0.4, -0.2) is 30.2 Å². The minimum absolute atomic E-state index is 0.234. The van der Waals surface area contributed by atoms with E-state index in [0.717, 1.165) is 0 Å². The third-order valence-corrected chi connectivity index (χ3v) is 2.76. The number of alkyl carbamates (subject to hydrolysis) is 1. The molecule has 1 unspecified atom stereocenters. The number of amides is 2. The minimum Gasteiger partial charge on any atom is -0.444 e. The van der Waals surface area contributed by atoms with E-state index in [2.05, 4.69) is 5.32 Å². The van der Waals surface area contributed by atoms with Crippen LogP contribution in [0.2, 0.25) is 0 Å². The van der Waals surface area contributed by atoms with E-state index in [0.29, 0.717) is 12.2 Å². The van der Waals surface area contributed by atoms with Gasteiger partial charge >= 0.3 is 6.09 Å². The van der Waals surface area contributed by atoms with Crippen molar-refractivity contribution in [3.05, 3.63) is 30.1 Å². The van der Waals surface area contributed by atoms with Crippen LogP contribution in [0.3, 0.4) is 0 Å². The molecule has 2 amide bonds. The van der Waals surface area contributed by atoms with Gasteiger partial charge in [-0.2, -0.15) is 0 Å². The number of carbonyl (C=O) groups excluding carboxylic acids is 2. The molecule has 1 saturated heterocycles. The minimum atomic E-state index is -0.616. The van der Waals surface area contributed by atoms with E-state index >= 15 is 0 Å². The number of β-lactam (4-membered cyclic amide) rings is 1. The normalized spacial score (nSPS) is 18.5. The Balaban J connectivity index is 1.89. The van der Waals surface area contributed by atoms with Gasteiger partial charge in [0.05, 0.1) is 6.54 Å². The summed E-state index contributed by atoms with van der Waals surface area (Å²) in [5.41, 5.74) is 0.00620. The van der Waals surface area contributed by atoms with E-state index in [1.807, 2.05) is 0 Å². The second kappa shape index (κ2) is 5.11. The number of carbonyl (C=O) groups is 2. The van der Waals surface area contributed by atoms with Crippen molar-refractivity contribution in [1.82, 2.24) is 5.32 Å². The van der Waals surface area contributed by atoms with Gasteiger partial charge in [0, 0.05) is 5.69 Å². The fourth-order valence-electron chi connectivity index (χ4n) is 1.84. The standard InChI is InChI=1S/C14H17FN2O3/c1-14(2,3)20-13(19)16-11-8-17(12(11)18)10-6-4-9(15)5-7-10/h4-7,11H,8H2,1-3H3,(H,16,19). The average Bonchev–Trinajstić information content (AvgIpc) is 2.33. The molecule has 0 spiro atoms. The number of benzene rings is 1. The third-order valence-electron chi connectivity index (χ3n) is 2.76. The second-order valence-electron chi connectivity index (χ2n) is 5.62. The molecule has 1 atom stereocenters. The summed E-state index contributed by atoms with van der Waals surface area (Å²) >= 11 is 0. The van der Waals surface area contributed by atoms with Crippen molar-refractivity contribution in [1.29, 1.82) is 0 Å². The fourth-order valence-corrected chi connectivity index (χ4v) is 1.84. The molecule has 1 N–H and O–H groups in total. The Bertz CT molecular complexity index is 522. The van der Waals surface area contributed by atoms with E-state index in [-0.39, 0.29) is 11.7 Å². The zero-order chi connectivity index (χ0) is 14.9. The lowest BCUT2D eigenvalue weighted by atomic mass is 10.1. The fraction of sp³-hybridized carbons (Fsp3) is 0.429. The van der Waals surface area contributed by atoms with Gasteiger partial charge in [-0.3, -0.25) is 4.79 Å². The molecule has 1 aliphatic heterocycles. The third kappa shape index (κ3) is 3.26. The first-order chi connectivity index (χ1) is 9.26. The number of anilines is 1. The van der Waals surface area contributed by atoms with Crippen molar-refractivity contribution in [3.63, 3.8) is 0 Å². The smallest absolute Gasteiger partial charge is 0.408 e. The highest BCUT2D eigenvalue weighted by Gasteiger charge is 2.39. The summed E-state index contributed by atoms with van der Waals surface area (Å²) in [5, 5.41) is 2.51. The van der Waals surface area contributed by atoms with Gasteiger partial charge in [-0.1, -0.05) is 0 Å². The van der Waals surface area contributed by atoms with Crippen molar-refractivity contribution in [2.24, 2.45) is 0 Å². The molecule has 5 nitrogen and oxygen atoms in total. The highest BCUT2D eigenvalue weighted by atomic mass is 19.1. The monoisotopic (exact) mass is 280 g/mol. The molecule has 2 rings (SSSR count). The molecule has 1 fully saturated rings. The number of hydrogen-bond donors (Lipinski definition) is 1. The molecule has 0 bridgehead atoms. The first-order valence-corrected chi connectivity index (χ1v) is 6.33. The van der Waals surface area contributed by atoms with Crippen LogP contribution in [0.4, 0.5) is 14.9 Å². The maximum Gasteiger partial charge on any atom is 0.408 e. The molecular formula is C14H17FN2O3. The van der Waals surface area contributed by atoms with Gasteiger partial charge in [-0.25, -0.2) is 9.18 Å². The maximum atomic E-state index is 12.8. The lowest BCUT2D eigenvalue weighted by molar-refractivity contribution is -0.124. The van der Waals surface area contributed by atoms with Crippen molar-refractivity contribution in [2.75, 3.05) is 11.4 Å². The van der Waals surface area contributed by atoms with Crippen LogP contribution >= 0.6 is 0 Å². The molecule has 1 aromatic rings. The predicted molar refractivity (Wildman–Crippen MR) is 71.9 cm³/mol. The Kier molecular flexibility index (Phi) is 3.65. The highest BCUT2D eigenvalue weighted by molar-refractivity contribution is 6.05. The number of nitrogens with zero attached hydrogens (tertiary/aromatic N) is 1. The lowest BCUT2D eigenvalue weighted by Gasteiger charge is -2.38. The summed E-state index contributed by atoms with van der Waals surface area (Å²) in [6.45, 7) is 5.60. The Morgan fingerprint density at radius 3 is 2.45 bits per heavy atom. The highest BCUT2D eigenvalue weighted by Crippen LogP contribution is 2.22. The average molecular weight is 280 g/mol. The molecule has 0 aromatic heterocycles. The molecule has 108 valence electrons. The van der Waals surface area contributed by atoms with Crippen LogP contribution in [0.5, 0.6) is 0 Å². The van der Waals surface area contributed by atoms with Crippen molar-refractivity contribution in [2.45, 2.75) is 32.4 Å². The first-order valence-electron chi connectivity index (χ1n) is 6.33. The van der Waals surface area contributed by atoms with E-state index < -0.39 is 17.7 Å². The van der Waals surface area contributed by atoms with Crippen LogP contribution < -0.4 is 10.2 Å². The number of hydrogen-bond acceptors (Lipinski definition) is 3. The first kappa shape index (κ1) is 14.3. The zero-order valence-corrected chi connectivity index (χ0v) is 11.6. The quantitative estimate of drug-likeness (QED) is 0.844. The predicted octanol–water partition coefficient (Wildman–Crippen LogP) is 2.07. The largest absolute Gasteiger partial charge is 0.444 e. The summed E-state index contributed by atoms with van der Waals surface area (Å²) < 4.78 is 17.9. The molecule has 0 saturated carbocycles. The summed E-state index contributed by atoms with van der Waals surface area (Å²) in [7, 11) is 0. The van der Waals surface area contributed by atoms with Gasteiger partial charge in [-0.15, -0.1) is 0 Å². The van der Waals surface area contributed by atoms with E-state index in [9.17, 15) is 14.0 Å². The summed E-state index contributed by atoms with van der Waals surface area (Å²) in [6, 6.07) is 5.04. The number of halogens is 1. The van der Waals surface area contributed by atoms with Crippen molar-refractivity contribution >= 4 is 17.7 Å². The molecular weight excluding hydrogens is 263 g/mol. The maximum absolute atomic E-state index is 12.8. The van der Waals surface area contributed by atoms with Crippen molar-refractivity contribution in [3.8, 4) is 0 Å². The Labute approximate surface area is 116 Å². The van der Waals surface area contributed by atoms with Crippen LogP contribution in [0, 0.1) is 5.82 Å². The van der Waals surface area contributed by atoms with E-state index in [4.69, 9.17) is 4.74 Å². The van der Waals surface area contributed by atoms with E-state index in [1.165, 1.54) is 29.2 Å². The van der Waals surface area contributed by atoms with Crippen LogP contribution in [0.1, 0.15) is 20.8 Å². The topological polar surface area (TPSA) is 58.6 Å². The SMILES string of the molecule is CC(C)(C)OC(=O)NC1CN(c2ccc(F)cc2)C1=O. The van der Waals surface area contributed by atoms with Gasteiger partial charge in [0.2, 0.25) is 0 Å². The molecule has 0 radical (unpaired) electrons. The second-order valence-corrected chi connectivity index (χ2v) is 5.62. The van der Waals surface area contributed by atoms with Gasteiger partial charge in [0.25, 0.3) is 5.91 Å².